The molecule has 0 atom stereocenters. The van der Waals surface area contributed by atoms with E-state index in [-0.39, 0.29) is 17.1 Å². The van der Waals surface area contributed by atoms with E-state index < -0.39 is 0 Å². The van der Waals surface area contributed by atoms with Crippen molar-refractivity contribution in [2.75, 3.05) is 13.2 Å². The van der Waals surface area contributed by atoms with E-state index in [4.69, 9.17) is 43.6 Å². The van der Waals surface area contributed by atoms with Gasteiger partial charge in [-0.3, -0.25) is 0 Å². The molecule has 0 unspecified atom stereocenters. The van der Waals surface area contributed by atoms with E-state index in [9.17, 15) is 0 Å². The molecule has 0 amide bonds. The summed E-state index contributed by atoms with van der Waals surface area (Å²) in [6.45, 7) is 5.08. The molecule has 0 aliphatic heterocycles. The van der Waals surface area contributed by atoms with Crippen LogP contribution in [0.25, 0.3) is 0 Å². The first kappa shape index (κ1) is 31.5. The fraction of sp³-hybridized carbons (Fsp3) is 0.143. The first-order valence-electron chi connectivity index (χ1n) is 11.7. The smallest absolute Gasteiger partial charge is 0.755 e. The summed E-state index contributed by atoms with van der Waals surface area (Å²) < 4.78 is 21.2. The number of hydrogen-bond donors (Lipinski definition) is 0. The summed E-state index contributed by atoms with van der Waals surface area (Å²) in [5.41, 5.74) is 1.71. The molecule has 39 heavy (non-hydrogen) atoms. The maximum Gasteiger partial charge on any atom is 2.00 e. The number of nitrogens with zero attached hydrogens (tertiary/aromatic N) is 4. The average molecular weight is 610 g/mol. The number of hydrogen-bond acceptors (Lipinski definition) is 10. The third kappa shape index (κ3) is 10.5. The Labute approximate surface area is 249 Å². The van der Waals surface area contributed by atoms with Crippen molar-refractivity contribution in [1.82, 2.24) is 0 Å². The van der Waals surface area contributed by atoms with Gasteiger partial charge in [0.1, 0.15) is 23.0 Å². The Morgan fingerprint density at radius 1 is 0.667 bits per heavy atom. The molecule has 0 N–H and O–H groups in total. The Balaban J connectivity index is 0.000000267. The molecule has 2 aromatic heterocycles. The summed E-state index contributed by atoms with van der Waals surface area (Å²) in [5.74, 6) is 2.61. The van der Waals surface area contributed by atoms with Crippen LogP contribution in [0.3, 0.4) is 0 Å². The van der Waals surface area contributed by atoms with Crippen LogP contribution >= 0.6 is 0 Å². The summed E-state index contributed by atoms with van der Waals surface area (Å²) in [4.78, 5) is 0. The SMILES string of the molecule is CCOc1ccccc1/C=N/N=C(\[S-])c1ccco1.CCOc1ccccc1/C=N/N=C(\[S-])c1ccco1.[Cu+2]. The maximum atomic E-state index is 5.48. The van der Waals surface area contributed by atoms with Crippen molar-refractivity contribution in [3.63, 3.8) is 0 Å². The van der Waals surface area contributed by atoms with Crippen molar-refractivity contribution in [3.8, 4) is 11.5 Å². The zero-order valence-electron chi connectivity index (χ0n) is 21.2. The van der Waals surface area contributed by atoms with Gasteiger partial charge < -0.3 is 43.6 Å². The summed E-state index contributed by atoms with van der Waals surface area (Å²) in [5, 5.41) is 16.4. The van der Waals surface area contributed by atoms with Crippen LogP contribution in [0.2, 0.25) is 0 Å². The van der Waals surface area contributed by atoms with Crippen molar-refractivity contribution in [1.29, 1.82) is 0 Å². The van der Waals surface area contributed by atoms with Crippen molar-refractivity contribution >= 4 is 47.8 Å². The van der Waals surface area contributed by atoms with Gasteiger partial charge in [-0.15, -0.1) is 0 Å². The quantitative estimate of drug-likeness (QED) is 0.0719. The van der Waals surface area contributed by atoms with Gasteiger partial charge in [-0.1, -0.05) is 24.3 Å². The second-order valence-corrected chi connectivity index (χ2v) is 7.97. The molecule has 4 rings (SSSR count). The van der Waals surface area contributed by atoms with Crippen LogP contribution < -0.4 is 9.47 Å². The Bertz CT molecular complexity index is 1270. The molecule has 0 fully saturated rings. The van der Waals surface area contributed by atoms with Crippen molar-refractivity contribution in [3.05, 3.63) is 108 Å². The van der Waals surface area contributed by atoms with Crippen molar-refractivity contribution in [2.45, 2.75) is 13.8 Å². The Hall–Kier alpha value is -3.76. The monoisotopic (exact) mass is 609 g/mol. The molecule has 4 aromatic rings. The molecule has 11 heteroatoms. The van der Waals surface area contributed by atoms with Crippen molar-refractivity contribution < 1.29 is 35.4 Å². The van der Waals surface area contributed by atoms with Gasteiger partial charge in [-0.2, -0.15) is 20.4 Å². The molecule has 2 heterocycles. The Morgan fingerprint density at radius 3 is 1.44 bits per heavy atom. The molecule has 205 valence electrons. The summed E-state index contributed by atoms with van der Waals surface area (Å²) >= 11 is 10.1. The third-order valence-corrected chi connectivity index (χ3v) is 5.16. The Morgan fingerprint density at radius 2 is 1.08 bits per heavy atom. The summed E-state index contributed by atoms with van der Waals surface area (Å²) in [6.07, 6.45) is 6.32. The third-order valence-electron chi connectivity index (χ3n) is 4.59. The zero-order valence-corrected chi connectivity index (χ0v) is 23.8. The zero-order chi connectivity index (χ0) is 27.0. The van der Waals surface area contributed by atoms with Crippen LogP contribution in [0, 0.1) is 0 Å². The Kier molecular flexibility index (Phi) is 14.3. The predicted octanol–water partition coefficient (Wildman–Crippen LogP) is 6.01. The van der Waals surface area contributed by atoms with Crippen LogP contribution in [-0.2, 0) is 42.3 Å². The molecule has 2 aromatic carbocycles. The number of benzene rings is 2. The molecule has 8 nitrogen and oxygen atoms in total. The van der Waals surface area contributed by atoms with E-state index in [1.165, 1.54) is 0 Å². The molecule has 1 radical (unpaired) electrons. The molecule has 0 saturated carbocycles. The largest absolute Gasteiger partial charge is 2.00 e. The predicted molar refractivity (Wildman–Crippen MR) is 156 cm³/mol. The molecule has 0 aliphatic carbocycles. The fourth-order valence-electron chi connectivity index (χ4n) is 2.93. The fourth-order valence-corrected chi connectivity index (χ4v) is 3.26. The standard InChI is InChI=1S/2C14H14N2O2S.Cu/c2*1-2-17-12-7-4-3-6-11(12)10-15-16-14(19)13-8-5-9-18-13;/h2*3-10H,2H2,1H3,(H,16,19);/q;;+2/p-2/b2*15-10+;. The van der Waals surface area contributed by atoms with Crippen LogP contribution in [0.1, 0.15) is 36.5 Å². The van der Waals surface area contributed by atoms with Gasteiger partial charge in [0, 0.05) is 11.1 Å². The second kappa shape index (κ2) is 17.7. The van der Waals surface area contributed by atoms with Crippen molar-refractivity contribution in [2.24, 2.45) is 20.4 Å². The van der Waals surface area contributed by atoms with Gasteiger partial charge in [0.2, 0.25) is 0 Å². The van der Waals surface area contributed by atoms with E-state index in [1.54, 1.807) is 49.2 Å². The van der Waals surface area contributed by atoms with Gasteiger partial charge in [-0.25, -0.2) is 0 Å². The minimum Gasteiger partial charge on any atom is -0.755 e. The van der Waals surface area contributed by atoms with E-state index in [1.807, 2.05) is 62.4 Å². The number of rotatable bonds is 10. The summed E-state index contributed by atoms with van der Waals surface area (Å²) in [6, 6.07) is 22.2. The topological polar surface area (TPSA) is 94.2 Å². The summed E-state index contributed by atoms with van der Waals surface area (Å²) in [7, 11) is 0. The van der Waals surface area contributed by atoms with Crippen LogP contribution in [-0.4, -0.2) is 35.7 Å². The van der Waals surface area contributed by atoms with E-state index >= 15 is 0 Å². The second-order valence-electron chi connectivity index (χ2n) is 7.20. The first-order valence-corrected chi connectivity index (χ1v) is 12.5. The van der Waals surface area contributed by atoms with Crippen LogP contribution in [0.5, 0.6) is 11.5 Å². The van der Waals surface area contributed by atoms with Gasteiger partial charge in [0.05, 0.1) is 38.2 Å². The normalized spacial score (nSPS) is 11.6. The van der Waals surface area contributed by atoms with Crippen LogP contribution in [0.4, 0.5) is 0 Å². The first-order chi connectivity index (χ1) is 18.6. The van der Waals surface area contributed by atoms with E-state index in [0.717, 1.165) is 22.6 Å². The molecule has 0 saturated heterocycles. The molecule has 0 bridgehead atoms. The minimum atomic E-state index is 0. The maximum absolute atomic E-state index is 5.48. The van der Waals surface area contributed by atoms with Gasteiger partial charge >= 0.3 is 17.1 Å². The molecular formula is C28H26CuN4O4S2. The number of furan rings is 2. The number of para-hydroxylation sites is 2. The van der Waals surface area contributed by atoms with E-state index in [0.29, 0.717) is 34.8 Å². The van der Waals surface area contributed by atoms with Gasteiger partial charge in [-0.05, 0) is 72.5 Å². The van der Waals surface area contributed by atoms with Gasteiger partial charge in [0.25, 0.3) is 0 Å². The van der Waals surface area contributed by atoms with Gasteiger partial charge in [0.15, 0.2) is 0 Å². The number of ether oxygens (including phenoxy) is 2. The van der Waals surface area contributed by atoms with E-state index in [2.05, 4.69) is 20.4 Å². The minimum absolute atomic E-state index is 0. The van der Waals surface area contributed by atoms with Crippen LogP contribution in [0.15, 0.2) is 115 Å². The average Bonchev–Trinajstić information content (AvgIpc) is 3.67. The molecule has 0 spiro atoms. The molecule has 0 aliphatic rings. The molecular weight excluding hydrogens is 584 g/mol.